The first-order valence-electron chi connectivity index (χ1n) is 8.59. The minimum Gasteiger partial charge on any atom is -0.350 e. The van der Waals surface area contributed by atoms with Gasteiger partial charge in [0.1, 0.15) is 12.1 Å². The van der Waals surface area contributed by atoms with Gasteiger partial charge in [-0.3, -0.25) is 14.4 Å². The van der Waals surface area contributed by atoms with Crippen molar-refractivity contribution in [2.75, 3.05) is 0 Å². The number of hydrogen-bond donors (Lipinski definition) is 3. The van der Waals surface area contributed by atoms with Crippen molar-refractivity contribution in [3.8, 4) is 0 Å². The lowest BCUT2D eigenvalue weighted by molar-refractivity contribution is -0.130. The Morgan fingerprint density at radius 1 is 0.923 bits per heavy atom. The zero-order valence-electron chi connectivity index (χ0n) is 16.1. The summed E-state index contributed by atoms with van der Waals surface area (Å²) in [6.45, 7) is 10.9. The standard InChI is InChI=1S/C19H28ClN3O3/c1-11(2)15(22-17(25)13-7-9-14(20)10-8-13)18(26)21-12(3)16(24)23-19(4,5)6/h7-12,15H,1-6H3,(H,21,26)(H,22,25)(H,23,24). The monoisotopic (exact) mass is 381 g/mol. The summed E-state index contributed by atoms with van der Waals surface area (Å²) in [6, 6.07) is 4.93. The van der Waals surface area contributed by atoms with Gasteiger partial charge < -0.3 is 16.0 Å². The third kappa shape index (κ3) is 7.04. The highest BCUT2D eigenvalue weighted by Gasteiger charge is 2.28. The van der Waals surface area contributed by atoms with E-state index in [1.807, 2.05) is 34.6 Å². The Morgan fingerprint density at radius 2 is 1.46 bits per heavy atom. The molecule has 0 aliphatic carbocycles. The Hall–Kier alpha value is -2.08. The van der Waals surface area contributed by atoms with Crippen molar-refractivity contribution in [3.63, 3.8) is 0 Å². The van der Waals surface area contributed by atoms with Gasteiger partial charge in [0.05, 0.1) is 0 Å². The molecule has 1 aromatic rings. The molecule has 7 heteroatoms. The van der Waals surface area contributed by atoms with Gasteiger partial charge in [-0.2, -0.15) is 0 Å². The minimum absolute atomic E-state index is 0.149. The molecular weight excluding hydrogens is 354 g/mol. The molecule has 0 spiro atoms. The fourth-order valence-electron chi connectivity index (χ4n) is 2.21. The second-order valence-electron chi connectivity index (χ2n) is 7.67. The highest BCUT2D eigenvalue weighted by atomic mass is 35.5. The van der Waals surface area contributed by atoms with Gasteiger partial charge in [0.2, 0.25) is 11.8 Å². The number of amides is 3. The summed E-state index contributed by atoms with van der Waals surface area (Å²) in [6.07, 6.45) is 0. The maximum absolute atomic E-state index is 12.6. The van der Waals surface area contributed by atoms with Crippen LogP contribution in [0.5, 0.6) is 0 Å². The summed E-state index contributed by atoms with van der Waals surface area (Å²) < 4.78 is 0. The summed E-state index contributed by atoms with van der Waals surface area (Å²) in [5, 5.41) is 8.72. The first-order chi connectivity index (χ1) is 11.9. The Kier molecular flexibility index (Phi) is 7.63. The molecule has 2 unspecified atom stereocenters. The van der Waals surface area contributed by atoms with E-state index < -0.39 is 23.5 Å². The van der Waals surface area contributed by atoms with Crippen molar-refractivity contribution in [2.45, 2.75) is 59.2 Å². The van der Waals surface area contributed by atoms with Gasteiger partial charge >= 0.3 is 0 Å². The quantitative estimate of drug-likeness (QED) is 0.707. The largest absolute Gasteiger partial charge is 0.350 e. The van der Waals surface area contributed by atoms with Crippen molar-refractivity contribution in [1.82, 2.24) is 16.0 Å². The van der Waals surface area contributed by atoms with Crippen molar-refractivity contribution in [2.24, 2.45) is 5.92 Å². The van der Waals surface area contributed by atoms with Gasteiger partial charge in [-0.05, 0) is 57.9 Å². The molecule has 0 aliphatic heterocycles. The van der Waals surface area contributed by atoms with Gasteiger partial charge in [0.25, 0.3) is 5.91 Å². The number of benzene rings is 1. The van der Waals surface area contributed by atoms with Gasteiger partial charge in [0, 0.05) is 16.1 Å². The van der Waals surface area contributed by atoms with Crippen molar-refractivity contribution >= 4 is 29.3 Å². The Morgan fingerprint density at radius 3 is 1.92 bits per heavy atom. The average molecular weight is 382 g/mol. The van der Waals surface area contributed by atoms with Gasteiger partial charge in [-0.25, -0.2) is 0 Å². The zero-order valence-corrected chi connectivity index (χ0v) is 16.9. The van der Waals surface area contributed by atoms with E-state index in [4.69, 9.17) is 11.6 Å². The number of carbonyl (C=O) groups is 3. The van der Waals surface area contributed by atoms with Crippen molar-refractivity contribution in [3.05, 3.63) is 34.9 Å². The summed E-state index contributed by atoms with van der Waals surface area (Å²) in [5.74, 6) is -1.21. The Balaban J connectivity index is 2.76. The number of halogens is 1. The summed E-state index contributed by atoms with van der Waals surface area (Å²) in [4.78, 5) is 37.1. The summed E-state index contributed by atoms with van der Waals surface area (Å²) in [5.41, 5.74) is 0.0161. The molecule has 2 atom stereocenters. The zero-order chi connectivity index (χ0) is 20.1. The van der Waals surface area contributed by atoms with Crippen LogP contribution in [0.15, 0.2) is 24.3 Å². The minimum atomic E-state index is -0.761. The Labute approximate surface area is 160 Å². The number of rotatable bonds is 6. The van der Waals surface area contributed by atoms with E-state index in [-0.39, 0.29) is 17.7 Å². The van der Waals surface area contributed by atoms with Crippen LogP contribution in [0.25, 0.3) is 0 Å². The fourth-order valence-corrected chi connectivity index (χ4v) is 2.33. The molecule has 0 saturated heterocycles. The lowest BCUT2D eigenvalue weighted by Gasteiger charge is -2.26. The molecule has 1 aromatic carbocycles. The molecule has 1 rings (SSSR count). The predicted octanol–water partition coefficient (Wildman–Crippen LogP) is 2.51. The normalized spacial score (nSPS) is 13.7. The lowest BCUT2D eigenvalue weighted by atomic mass is 10.0. The van der Waals surface area contributed by atoms with E-state index in [0.29, 0.717) is 10.6 Å². The maximum Gasteiger partial charge on any atom is 0.251 e. The number of nitrogens with one attached hydrogen (secondary N) is 3. The van der Waals surface area contributed by atoms with Gasteiger partial charge in [-0.1, -0.05) is 25.4 Å². The van der Waals surface area contributed by atoms with Crippen LogP contribution in [0.2, 0.25) is 5.02 Å². The predicted molar refractivity (Wildman–Crippen MR) is 103 cm³/mol. The Bertz CT molecular complexity index is 651. The van der Waals surface area contributed by atoms with Crippen molar-refractivity contribution < 1.29 is 14.4 Å². The molecule has 144 valence electrons. The van der Waals surface area contributed by atoms with Crippen molar-refractivity contribution in [1.29, 1.82) is 0 Å². The average Bonchev–Trinajstić information content (AvgIpc) is 2.50. The molecule has 0 aromatic heterocycles. The molecule has 3 N–H and O–H groups in total. The van der Waals surface area contributed by atoms with E-state index in [2.05, 4.69) is 16.0 Å². The van der Waals surface area contributed by atoms with E-state index in [1.165, 1.54) is 0 Å². The highest BCUT2D eigenvalue weighted by molar-refractivity contribution is 6.30. The van der Waals surface area contributed by atoms with Crippen LogP contribution in [0, 0.1) is 5.92 Å². The van der Waals surface area contributed by atoms with Crippen LogP contribution >= 0.6 is 11.6 Å². The smallest absolute Gasteiger partial charge is 0.251 e. The fraction of sp³-hybridized carbons (Fsp3) is 0.526. The van der Waals surface area contributed by atoms with Crippen LogP contribution in [-0.2, 0) is 9.59 Å². The molecule has 0 saturated carbocycles. The van der Waals surface area contributed by atoms with Crippen LogP contribution in [-0.4, -0.2) is 35.3 Å². The summed E-state index contributed by atoms with van der Waals surface area (Å²) in [7, 11) is 0. The molecule has 0 bridgehead atoms. The topological polar surface area (TPSA) is 87.3 Å². The van der Waals surface area contributed by atoms with Crippen LogP contribution in [0.3, 0.4) is 0 Å². The second-order valence-corrected chi connectivity index (χ2v) is 8.11. The second kappa shape index (κ2) is 9.03. The molecule has 0 radical (unpaired) electrons. The highest BCUT2D eigenvalue weighted by Crippen LogP contribution is 2.11. The molecule has 0 aliphatic rings. The first kappa shape index (κ1) is 22.0. The molecule has 26 heavy (non-hydrogen) atoms. The third-order valence-corrected chi connectivity index (χ3v) is 3.84. The van der Waals surface area contributed by atoms with E-state index in [0.717, 1.165) is 0 Å². The molecular formula is C19H28ClN3O3. The summed E-state index contributed by atoms with van der Waals surface area (Å²) >= 11 is 5.82. The SMILES string of the molecule is CC(NC(=O)C(NC(=O)c1ccc(Cl)cc1)C(C)C)C(=O)NC(C)(C)C. The maximum atomic E-state index is 12.6. The van der Waals surface area contributed by atoms with Crippen LogP contribution < -0.4 is 16.0 Å². The van der Waals surface area contributed by atoms with Crippen LogP contribution in [0.4, 0.5) is 0 Å². The van der Waals surface area contributed by atoms with E-state index in [9.17, 15) is 14.4 Å². The van der Waals surface area contributed by atoms with E-state index >= 15 is 0 Å². The molecule has 0 fully saturated rings. The first-order valence-corrected chi connectivity index (χ1v) is 8.97. The third-order valence-electron chi connectivity index (χ3n) is 3.59. The van der Waals surface area contributed by atoms with Crippen LogP contribution in [0.1, 0.15) is 51.9 Å². The number of carbonyl (C=O) groups excluding carboxylic acids is 3. The molecule has 6 nitrogen and oxygen atoms in total. The van der Waals surface area contributed by atoms with Gasteiger partial charge in [0.15, 0.2) is 0 Å². The molecule has 3 amide bonds. The number of hydrogen-bond acceptors (Lipinski definition) is 3. The van der Waals surface area contributed by atoms with Gasteiger partial charge in [-0.15, -0.1) is 0 Å². The molecule has 0 heterocycles. The lowest BCUT2D eigenvalue weighted by Crippen LogP contribution is -2.56. The van der Waals surface area contributed by atoms with E-state index in [1.54, 1.807) is 31.2 Å².